The Morgan fingerprint density at radius 1 is 1.47 bits per heavy atom. The van der Waals surface area contributed by atoms with Gasteiger partial charge in [-0.15, -0.1) is 12.4 Å². The second-order valence-corrected chi connectivity index (χ2v) is 4.89. The maximum atomic E-state index is 12.0. The third-order valence-electron chi connectivity index (χ3n) is 3.58. The van der Waals surface area contributed by atoms with Crippen molar-refractivity contribution in [1.29, 1.82) is 0 Å². The van der Waals surface area contributed by atoms with Crippen molar-refractivity contribution < 1.29 is 4.79 Å². The SMILES string of the molecule is Cc1ccc(C(=O)NC2CCCC2CN)c(=O)[nH]1.Cl. The van der Waals surface area contributed by atoms with Gasteiger partial charge < -0.3 is 16.0 Å². The summed E-state index contributed by atoms with van der Waals surface area (Å²) in [4.78, 5) is 26.3. The van der Waals surface area contributed by atoms with Crippen LogP contribution in [0.3, 0.4) is 0 Å². The molecule has 2 atom stereocenters. The number of pyridine rings is 1. The van der Waals surface area contributed by atoms with Crippen LogP contribution in [0.25, 0.3) is 0 Å². The molecule has 0 saturated heterocycles. The average Bonchev–Trinajstić information content (AvgIpc) is 2.76. The van der Waals surface area contributed by atoms with Crippen LogP contribution in [0, 0.1) is 12.8 Å². The first kappa shape index (κ1) is 15.7. The number of carbonyl (C=O) groups excluding carboxylic acids is 1. The van der Waals surface area contributed by atoms with Gasteiger partial charge in [0.25, 0.3) is 11.5 Å². The van der Waals surface area contributed by atoms with Crippen LogP contribution in [-0.4, -0.2) is 23.5 Å². The summed E-state index contributed by atoms with van der Waals surface area (Å²) in [6, 6.07) is 3.39. The summed E-state index contributed by atoms with van der Waals surface area (Å²) in [5.74, 6) is 0.0279. The first-order chi connectivity index (χ1) is 8.61. The zero-order valence-electron chi connectivity index (χ0n) is 10.9. The highest BCUT2D eigenvalue weighted by Gasteiger charge is 2.28. The summed E-state index contributed by atoms with van der Waals surface area (Å²) in [5.41, 5.74) is 6.25. The van der Waals surface area contributed by atoms with Crippen molar-refractivity contribution in [3.8, 4) is 0 Å². The molecule has 0 spiro atoms. The van der Waals surface area contributed by atoms with Crippen LogP contribution in [0.2, 0.25) is 0 Å². The molecule has 2 unspecified atom stereocenters. The fourth-order valence-corrected chi connectivity index (χ4v) is 2.51. The smallest absolute Gasteiger partial charge is 0.260 e. The fourth-order valence-electron chi connectivity index (χ4n) is 2.51. The number of halogens is 1. The minimum atomic E-state index is -0.338. The van der Waals surface area contributed by atoms with E-state index in [-0.39, 0.29) is 35.5 Å². The van der Waals surface area contributed by atoms with Crippen molar-refractivity contribution in [2.24, 2.45) is 11.7 Å². The van der Waals surface area contributed by atoms with Gasteiger partial charge in [-0.05, 0) is 44.4 Å². The van der Waals surface area contributed by atoms with E-state index in [9.17, 15) is 9.59 Å². The van der Waals surface area contributed by atoms with Crippen LogP contribution in [-0.2, 0) is 0 Å². The van der Waals surface area contributed by atoms with Crippen molar-refractivity contribution in [2.45, 2.75) is 32.2 Å². The summed E-state index contributed by atoms with van der Waals surface area (Å²) >= 11 is 0. The van der Waals surface area contributed by atoms with Crippen LogP contribution in [0.4, 0.5) is 0 Å². The van der Waals surface area contributed by atoms with E-state index >= 15 is 0 Å². The van der Waals surface area contributed by atoms with E-state index in [4.69, 9.17) is 5.73 Å². The van der Waals surface area contributed by atoms with E-state index in [0.717, 1.165) is 25.0 Å². The molecule has 1 fully saturated rings. The number of aromatic amines is 1. The van der Waals surface area contributed by atoms with Crippen LogP contribution < -0.4 is 16.6 Å². The van der Waals surface area contributed by atoms with E-state index in [1.807, 2.05) is 0 Å². The van der Waals surface area contributed by atoms with Gasteiger partial charge >= 0.3 is 0 Å². The highest BCUT2D eigenvalue weighted by atomic mass is 35.5. The van der Waals surface area contributed by atoms with Gasteiger partial charge in [-0.3, -0.25) is 9.59 Å². The van der Waals surface area contributed by atoms with Gasteiger partial charge in [-0.25, -0.2) is 0 Å². The lowest BCUT2D eigenvalue weighted by atomic mass is 10.0. The molecule has 1 aromatic rings. The Labute approximate surface area is 118 Å². The highest BCUT2D eigenvalue weighted by Crippen LogP contribution is 2.24. The molecule has 0 aromatic carbocycles. The number of hydrogen-bond acceptors (Lipinski definition) is 3. The third-order valence-corrected chi connectivity index (χ3v) is 3.58. The maximum Gasteiger partial charge on any atom is 0.260 e. The van der Waals surface area contributed by atoms with Crippen molar-refractivity contribution in [2.75, 3.05) is 6.54 Å². The zero-order chi connectivity index (χ0) is 13.1. The molecule has 1 amide bonds. The van der Waals surface area contributed by atoms with E-state index < -0.39 is 0 Å². The van der Waals surface area contributed by atoms with Gasteiger partial charge in [-0.2, -0.15) is 0 Å². The highest BCUT2D eigenvalue weighted by molar-refractivity contribution is 5.94. The van der Waals surface area contributed by atoms with Crippen LogP contribution >= 0.6 is 12.4 Å². The number of aromatic nitrogens is 1. The van der Waals surface area contributed by atoms with Gasteiger partial charge in [0.05, 0.1) is 0 Å². The normalized spacial score (nSPS) is 21.8. The van der Waals surface area contributed by atoms with Crippen LogP contribution in [0.15, 0.2) is 16.9 Å². The molecule has 19 heavy (non-hydrogen) atoms. The first-order valence-corrected chi connectivity index (χ1v) is 6.32. The molecule has 0 aliphatic heterocycles. The molecule has 1 saturated carbocycles. The van der Waals surface area contributed by atoms with Crippen molar-refractivity contribution in [3.05, 3.63) is 33.7 Å². The molecule has 106 valence electrons. The second-order valence-electron chi connectivity index (χ2n) is 4.89. The first-order valence-electron chi connectivity index (χ1n) is 6.32. The Kier molecular flexibility index (Phi) is 5.57. The Balaban J connectivity index is 0.00000180. The lowest BCUT2D eigenvalue weighted by Crippen LogP contribution is -2.41. The molecular formula is C13H20ClN3O2. The quantitative estimate of drug-likeness (QED) is 0.773. The standard InChI is InChI=1S/C13H19N3O2.ClH/c1-8-5-6-10(12(17)15-8)13(18)16-11-4-2-3-9(11)7-14;/h5-6,9,11H,2-4,7,14H2,1H3,(H,15,17)(H,16,18);1H. The second kappa shape index (κ2) is 6.73. The van der Waals surface area contributed by atoms with Gasteiger partial charge in [0.15, 0.2) is 0 Å². The summed E-state index contributed by atoms with van der Waals surface area (Å²) in [7, 11) is 0. The Morgan fingerprint density at radius 2 is 2.21 bits per heavy atom. The Hall–Kier alpha value is -1.33. The molecular weight excluding hydrogens is 266 g/mol. The van der Waals surface area contributed by atoms with E-state index in [2.05, 4.69) is 10.3 Å². The predicted molar refractivity (Wildman–Crippen MR) is 76.7 cm³/mol. The van der Waals surface area contributed by atoms with E-state index in [1.54, 1.807) is 19.1 Å². The number of nitrogens with two attached hydrogens (primary N) is 1. The number of carbonyl (C=O) groups is 1. The minimum absolute atomic E-state index is 0. The molecule has 0 bridgehead atoms. The number of amides is 1. The minimum Gasteiger partial charge on any atom is -0.349 e. The summed E-state index contributed by atoms with van der Waals surface area (Å²) < 4.78 is 0. The largest absolute Gasteiger partial charge is 0.349 e. The lowest BCUT2D eigenvalue weighted by molar-refractivity contribution is 0.0927. The number of H-pyrrole nitrogens is 1. The zero-order valence-corrected chi connectivity index (χ0v) is 11.8. The van der Waals surface area contributed by atoms with E-state index in [0.29, 0.717) is 12.5 Å². The van der Waals surface area contributed by atoms with Crippen molar-refractivity contribution in [3.63, 3.8) is 0 Å². The molecule has 2 rings (SSSR count). The molecule has 4 N–H and O–H groups in total. The molecule has 5 nitrogen and oxygen atoms in total. The van der Waals surface area contributed by atoms with Crippen molar-refractivity contribution >= 4 is 18.3 Å². The molecule has 1 aliphatic carbocycles. The van der Waals surface area contributed by atoms with Gasteiger partial charge in [0, 0.05) is 11.7 Å². The maximum absolute atomic E-state index is 12.0. The molecule has 1 aromatic heterocycles. The van der Waals surface area contributed by atoms with Gasteiger partial charge in [0.1, 0.15) is 5.56 Å². The number of hydrogen-bond donors (Lipinski definition) is 3. The topological polar surface area (TPSA) is 88.0 Å². The van der Waals surface area contributed by atoms with Gasteiger partial charge in [0.2, 0.25) is 0 Å². The summed E-state index contributed by atoms with van der Waals surface area (Å²) in [5, 5.41) is 2.92. The number of nitrogens with one attached hydrogen (secondary N) is 2. The molecule has 1 heterocycles. The number of rotatable bonds is 3. The van der Waals surface area contributed by atoms with Gasteiger partial charge in [-0.1, -0.05) is 6.42 Å². The fraction of sp³-hybridized carbons (Fsp3) is 0.538. The van der Waals surface area contributed by atoms with Crippen molar-refractivity contribution in [1.82, 2.24) is 10.3 Å². The Bertz CT molecular complexity index is 501. The molecule has 0 radical (unpaired) electrons. The molecule has 6 heteroatoms. The Morgan fingerprint density at radius 3 is 2.84 bits per heavy atom. The lowest BCUT2D eigenvalue weighted by Gasteiger charge is -2.19. The van der Waals surface area contributed by atoms with Crippen LogP contribution in [0.1, 0.15) is 35.3 Å². The average molecular weight is 286 g/mol. The predicted octanol–water partition coefficient (Wildman–Crippen LogP) is 0.962. The summed E-state index contributed by atoms with van der Waals surface area (Å²) in [6.07, 6.45) is 3.07. The van der Waals surface area contributed by atoms with Crippen LogP contribution in [0.5, 0.6) is 0 Å². The molecule has 1 aliphatic rings. The summed E-state index contributed by atoms with van der Waals surface area (Å²) in [6.45, 7) is 2.36. The third kappa shape index (κ3) is 3.58. The number of aryl methyl sites for hydroxylation is 1. The monoisotopic (exact) mass is 285 g/mol. The van der Waals surface area contributed by atoms with E-state index in [1.165, 1.54) is 0 Å².